The third-order valence-electron chi connectivity index (χ3n) is 9.42. The molecule has 3 fully saturated rings. The highest BCUT2D eigenvalue weighted by Crippen LogP contribution is 2.26. The van der Waals surface area contributed by atoms with Crippen LogP contribution in [0, 0.1) is 0 Å². The Balaban J connectivity index is 1.02. The molecule has 0 aliphatic carbocycles. The zero-order valence-corrected chi connectivity index (χ0v) is 26.1. The lowest BCUT2D eigenvalue weighted by atomic mass is 9.93. The van der Waals surface area contributed by atoms with Gasteiger partial charge in [0.15, 0.2) is 5.78 Å². The topological polar surface area (TPSA) is 95.1 Å². The number of rotatable bonds is 9. The van der Waals surface area contributed by atoms with Gasteiger partial charge in [-0.25, -0.2) is 0 Å². The van der Waals surface area contributed by atoms with Crippen molar-refractivity contribution in [2.75, 3.05) is 44.7 Å². The van der Waals surface area contributed by atoms with Crippen LogP contribution in [0.5, 0.6) is 5.75 Å². The number of nitrogens with zero attached hydrogens (tertiary/aromatic N) is 4. The van der Waals surface area contributed by atoms with Crippen LogP contribution < -0.4 is 15.0 Å². The summed E-state index contributed by atoms with van der Waals surface area (Å²) in [7, 11) is 1.67. The molecule has 3 aliphatic heterocycles. The van der Waals surface area contributed by atoms with Crippen molar-refractivity contribution in [2.24, 2.45) is 0 Å². The van der Waals surface area contributed by atoms with Crippen molar-refractivity contribution in [3.63, 3.8) is 0 Å². The van der Waals surface area contributed by atoms with Gasteiger partial charge in [0.25, 0.3) is 11.8 Å². The first-order valence-electron chi connectivity index (χ1n) is 16.3. The number of aromatic nitrogens is 1. The molecule has 0 saturated carbocycles. The Morgan fingerprint density at radius 3 is 2.16 bits per heavy atom. The van der Waals surface area contributed by atoms with Crippen LogP contribution in [0.15, 0.2) is 66.9 Å². The molecule has 9 nitrogen and oxygen atoms in total. The molecule has 236 valence electrons. The first kappa shape index (κ1) is 30.8. The SMILES string of the molecule is COc1ccc(CN2CCC(NC(=O)c3ccc(C(=O)N4CCCCC4C(=O)c4ccc(N5CCCC5)cc4)nc3)CC2)cc1. The van der Waals surface area contributed by atoms with Gasteiger partial charge >= 0.3 is 0 Å². The van der Waals surface area contributed by atoms with Gasteiger partial charge in [-0.2, -0.15) is 0 Å². The van der Waals surface area contributed by atoms with E-state index in [2.05, 4.69) is 32.2 Å². The monoisotopic (exact) mass is 609 g/mol. The number of piperidine rings is 2. The lowest BCUT2D eigenvalue weighted by Crippen LogP contribution is -2.48. The van der Waals surface area contributed by atoms with Gasteiger partial charge in [-0.3, -0.25) is 24.3 Å². The first-order valence-corrected chi connectivity index (χ1v) is 16.3. The number of methoxy groups -OCH3 is 1. The number of Topliss-reactive ketones (excluding diaryl/α,β-unsaturated/α-hetero) is 1. The van der Waals surface area contributed by atoms with E-state index in [4.69, 9.17) is 4.74 Å². The molecule has 1 atom stereocenters. The number of ketones is 1. The van der Waals surface area contributed by atoms with Gasteiger partial charge in [0.2, 0.25) is 0 Å². The van der Waals surface area contributed by atoms with Crippen LogP contribution in [-0.4, -0.2) is 84.3 Å². The number of nitrogens with one attached hydrogen (secondary N) is 1. The number of likely N-dealkylation sites (tertiary alicyclic amines) is 2. The third kappa shape index (κ3) is 7.36. The summed E-state index contributed by atoms with van der Waals surface area (Å²) in [6.07, 6.45) is 8.00. The van der Waals surface area contributed by atoms with Crippen molar-refractivity contribution in [1.82, 2.24) is 20.1 Å². The highest BCUT2D eigenvalue weighted by molar-refractivity contribution is 6.04. The molecule has 1 aromatic heterocycles. The van der Waals surface area contributed by atoms with Gasteiger partial charge < -0.3 is 19.9 Å². The van der Waals surface area contributed by atoms with E-state index in [-0.39, 0.29) is 29.3 Å². The highest BCUT2D eigenvalue weighted by Gasteiger charge is 2.34. The smallest absolute Gasteiger partial charge is 0.273 e. The molecule has 3 aromatic rings. The van der Waals surface area contributed by atoms with Crippen LogP contribution in [0.25, 0.3) is 0 Å². The molecule has 1 N–H and O–H groups in total. The van der Waals surface area contributed by atoms with Gasteiger partial charge in [-0.15, -0.1) is 0 Å². The number of hydrogen-bond acceptors (Lipinski definition) is 7. The number of benzene rings is 2. The van der Waals surface area contributed by atoms with Crippen molar-refractivity contribution in [1.29, 1.82) is 0 Å². The van der Waals surface area contributed by atoms with Crippen LogP contribution in [-0.2, 0) is 6.54 Å². The molecule has 0 bridgehead atoms. The lowest BCUT2D eigenvalue weighted by molar-refractivity contribution is 0.0543. The van der Waals surface area contributed by atoms with E-state index in [1.807, 2.05) is 36.4 Å². The fourth-order valence-electron chi connectivity index (χ4n) is 6.75. The Kier molecular flexibility index (Phi) is 9.74. The standard InChI is InChI=1S/C36H43N5O4/c1-45-31-14-7-26(8-15-31)25-39-22-17-29(18-23-39)38-35(43)28-11-16-32(37-24-28)36(44)41-21-3-2-6-33(41)34(42)27-9-12-30(13-10-27)40-19-4-5-20-40/h7-16,24,29,33H,2-6,17-23,25H2,1H3,(H,38,43). The molecule has 3 saturated heterocycles. The van der Waals surface area contributed by atoms with E-state index in [0.29, 0.717) is 24.1 Å². The maximum atomic E-state index is 13.6. The first-order chi connectivity index (χ1) is 22.0. The average molecular weight is 610 g/mol. The minimum Gasteiger partial charge on any atom is -0.497 e. The molecular formula is C36H43N5O4. The lowest BCUT2D eigenvalue weighted by Gasteiger charge is -2.34. The molecule has 45 heavy (non-hydrogen) atoms. The zero-order chi connectivity index (χ0) is 31.2. The molecule has 3 aliphatic rings. The molecule has 0 spiro atoms. The van der Waals surface area contributed by atoms with Crippen LogP contribution in [0.3, 0.4) is 0 Å². The van der Waals surface area contributed by atoms with Crippen LogP contribution in [0.1, 0.15) is 81.7 Å². The minimum absolute atomic E-state index is 0.0259. The number of hydrogen-bond donors (Lipinski definition) is 1. The predicted molar refractivity (Wildman–Crippen MR) is 174 cm³/mol. The summed E-state index contributed by atoms with van der Waals surface area (Å²) >= 11 is 0. The fraction of sp³-hybridized carbons (Fsp3) is 0.444. The number of carbonyl (C=O) groups excluding carboxylic acids is 3. The number of pyridine rings is 1. The summed E-state index contributed by atoms with van der Waals surface area (Å²) < 4.78 is 5.25. The van der Waals surface area contributed by atoms with E-state index < -0.39 is 6.04 Å². The van der Waals surface area contributed by atoms with Crippen LogP contribution in [0.2, 0.25) is 0 Å². The van der Waals surface area contributed by atoms with Crippen molar-refractivity contribution < 1.29 is 19.1 Å². The Labute approximate surface area is 265 Å². The quantitative estimate of drug-likeness (QED) is 0.343. The van der Waals surface area contributed by atoms with Crippen LogP contribution in [0.4, 0.5) is 5.69 Å². The second-order valence-corrected chi connectivity index (χ2v) is 12.4. The van der Waals surface area contributed by atoms with Gasteiger partial charge in [0.1, 0.15) is 11.4 Å². The van der Waals surface area contributed by atoms with Gasteiger partial charge in [-0.1, -0.05) is 12.1 Å². The maximum absolute atomic E-state index is 13.6. The van der Waals surface area contributed by atoms with Gasteiger partial charge in [0, 0.05) is 62.8 Å². The number of ether oxygens (including phenoxy) is 1. The number of amides is 2. The average Bonchev–Trinajstić information content (AvgIpc) is 3.64. The number of anilines is 1. The molecule has 2 aromatic carbocycles. The molecule has 9 heteroatoms. The molecule has 2 amide bonds. The summed E-state index contributed by atoms with van der Waals surface area (Å²) in [6, 6.07) is 18.8. The summed E-state index contributed by atoms with van der Waals surface area (Å²) in [5.74, 6) is 0.380. The maximum Gasteiger partial charge on any atom is 0.273 e. The summed E-state index contributed by atoms with van der Waals surface area (Å²) in [4.78, 5) is 50.9. The predicted octanol–water partition coefficient (Wildman–Crippen LogP) is 4.96. The fourth-order valence-corrected chi connectivity index (χ4v) is 6.75. The summed E-state index contributed by atoms with van der Waals surface area (Å²) in [5.41, 5.74) is 3.70. The number of carbonyl (C=O) groups is 3. The Bertz CT molecular complexity index is 1460. The Morgan fingerprint density at radius 1 is 0.800 bits per heavy atom. The summed E-state index contributed by atoms with van der Waals surface area (Å²) in [5, 5.41) is 3.14. The largest absolute Gasteiger partial charge is 0.497 e. The highest BCUT2D eigenvalue weighted by atomic mass is 16.5. The second-order valence-electron chi connectivity index (χ2n) is 12.4. The van der Waals surface area contributed by atoms with E-state index in [1.54, 1.807) is 24.1 Å². The molecule has 6 rings (SSSR count). The van der Waals surface area contributed by atoms with E-state index in [0.717, 1.165) is 69.8 Å². The molecular weight excluding hydrogens is 566 g/mol. The van der Waals surface area contributed by atoms with E-state index in [1.165, 1.54) is 24.6 Å². The summed E-state index contributed by atoms with van der Waals surface area (Å²) in [6.45, 7) is 5.30. The van der Waals surface area contributed by atoms with Crippen molar-refractivity contribution in [3.8, 4) is 5.75 Å². The third-order valence-corrected chi connectivity index (χ3v) is 9.42. The molecule has 4 heterocycles. The Morgan fingerprint density at radius 2 is 1.49 bits per heavy atom. The Hall–Kier alpha value is -4.24. The van der Waals surface area contributed by atoms with Crippen molar-refractivity contribution >= 4 is 23.3 Å². The normalized spacial score (nSPS) is 19.4. The van der Waals surface area contributed by atoms with E-state index in [9.17, 15) is 14.4 Å². The van der Waals surface area contributed by atoms with Crippen LogP contribution >= 0.6 is 0 Å². The molecule has 0 radical (unpaired) electrons. The van der Waals surface area contributed by atoms with E-state index >= 15 is 0 Å². The van der Waals surface area contributed by atoms with Gasteiger partial charge in [-0.05, 0) is 99.0 Å². The van der Waals surface area contributed by atoms with Crippen molar-refractivity contribution in [3.05, 3.63) is 89.2 Å². The van der Waals surface area contributed by atoms with Crippen molar-refractivity contribution in [2.45, 2.75) is 63.6 Å². The minimum atomic E-state index is -0.510. The van der Waals surface area contributed by atoms with Gasteiger partial charge in [0.05, 0.1) is 18.7 Å². The molecule has 1 unspecified atom stereocenters. The zero-order valence-electron chi connectivity index (χ0n) is 26.1. The second kappa shape index (κ2) is 14.2.